The maximum Gasteiger partial charge on any atom is 0.254 e. The number of rotatable bonds is 4. The van der Waals surface area contributed by atoms with Crippen molar-refractivity contribution in [2.45, 2.75) is 36.6 Å². The molecule has 1 aromatic heterocycles. The van der Waals surface area contributed by atoms with Crippen molar-refractivity contribution in [1.82, 2.24) is 14.2 Å². The number of pyridine rings is 1. The normalized spacial score (nSPS) is 18.1. The summed E-state index contributed by atoms with van der Waals surface area (Å²) in [4.78, 5) is 19.2. The van der Waals surface area contributed by atoms with Gasteiger partial charge in [0.05, 0.1) is 11.1 Å². The van der Waals surface area contributed by atoms with Crippen LogP contribution in [0.25, 0.3) is 0 Å². The lowest BCUT2D eigenvalue weighted by Crippen LogP contribution is -2.35. The summed E-state index contributed by atoms with van der Waals surface area (Å²) in [6.07, 6.45) is 7.35. The predicted molar refractivity (Wildman–Crippen MR) is 109 cm³/mol. The lowest BCUT2D eigenvalue weighted by atomic mass is 10.0. The van der Waals surface area contributed by atoms with Crippen LogP contribution in [-0.4, -0.2) is 49.2 Å². The highest BCUT2D eigenvalue weighted by atomic mass is 35.5. The lowest BCUT2D eigenvalue weighted by Gasteiger charge is -2.30. The molecule has 0 aliphatic carbocycles. The molecule has 28 heavy (non-hydrogen) atoms. The van der Waals surface area contributed by atoms with E-state index in [9.17, 15) is 13.2 Å². The van der Waals surface area contributed by atoms with Gasteiger partial charge in [0, 0.05) is 38.6 Å². The quantitative estimate of drug-likeness (QED) is 0.753. The number of aromatic nitrogens is 1. The highest BCUT2D eigenvalue weighted by molar-refractivity contribution is 7.89. The third kappa shape index (κ3) is 4.21. The molecular weight excluding hydrogens is 398 g/mol. The third-order valence-corrected chi connectivity index (χ3v) is 7.34. The molecule has 0 bridgehead atoms. The van der Waals surface area contributed by atoms with Crippen molar-refractivity contribution in [1.29, 1.82) is 0 Å². The molecule has 2 aromatic rings. The van der Waals surface area contributed by atoms with E-state index in [0.717, 1.165) is 35.6 Å². The van der Waals surface area contributed by atoms with Crippen LogP contribution in [0, 0.1) is 0 Å². The second kappa shape index (κ2) is 8.59. The molecule has 1 unspecified atom stereocenters. The molecular formula is C20H24ClN3O3S. The molecule has 1 saturated heterocycles. The Kier molecular flexibility index (Phi) is 6.37. The summed E-state index contributed by atoms with van der Waals surface area (Å²) < 4.78 is 26.2. The minimum atomic E-state index is -3.74. The van der Waals surface area contributed by atoms with Crippen molar-refractivity contribution in [2.24, 2.45) is 0 Å². The number of halogens is 1. The van der Waals surface area contributed by atoms with Gasteiger partial charge in [-0.15, -0.1) is 0 Å². The largest absolute Gasteiger partial charge is 0.332 e. The van der Waals surface area contributed by atoms with E-state index in [-0.39, 0.29) is 21.9 Å². The lowest BCUT2D eigenvalue weighted by molar-refractivity contribution is 0.0680. The van der Waals surface area contributed by atoms with Gasteiger partial charge in [0.2, 0.25) is 10.0 Å². The third-order valence-electron chi connectivity index (χ3n) is 5.04. The molecule has 1 aliphatic rings. The Balaban J connectivity index is 2.00. The first-order valence-electron chi connectivity index (χ1n) is 9.25. The first kappa shape index (κ1) is 20.8. The van der Waals surface area contributed by atoms with E-state index in [4.69, 9.17) is 11.6 Å². The maximum absolute atomic E-state index is 13.4. The van der Waals surface area contributed by atoms with Gasteiger partial charge in [-0.25, -0.2) is 12.7 Å². The van der Waals surface area contributed by atoms with Crippen molar-refractivity contribution in [3.63, 3.8) is 0 Å². The second-order valence-electron chi connectivity index (χ2n) is 7.08. The number of carbonyl (C=O) groups is 1. The number of benzene rings is 1. The highest BCUT2D eigenvalue weighted by Crippen LogP contribution is 2.32. The number of nitrogens with zero attached hydrogens (tertiary/aromatic N) is 3. The number of carbonyl (C=O) groups excluding carboxylic acids is 1. The van der Waals surface area contributed by atoms with Crippen LogP contribution in [-0.2, 0) is 10.0 Å². The molecule has 0 saturated carbocycles. The van der Waals surface area contributed by atoms with Crippen LogP contribution in [0.2, 0.25) is 5.02 Å². The predicted octanol–water partition coefficient (Wildman–Crippen LogP) is 3.74. The maximum atomic E-state index is 13.4. The molecule has 0 N–H and O–H groups in total. The average Bonchev–Trinajstić information content (AvgIpc) is 2.94. The van der Waals surface area contributed by atoms with Gasteiger partial charge in [-0.2, -0.15) is 0 Å². The van der Waals surface area contributed by atoms with Gasteiger partial charge in [0.15, 0.2) is 0 Å². The van der Waals surface area contributed by atoms with E-state index in [1.165, 1.54) is 26.2 Å². The van der Waals surface area contributed by atoms with Gasteiger partial charge >= 0.3 is 0 Å². The topological polar surface area (TPSA) is 70.6 Å². The first-order valence-corrected chi connectivity index (χ1v) is 11.1. The van der Waals surface area contributed by atoms with Gasteiger partial charge in [-0.1, -0.05) is 24.4 Å². The zero-order valence-electron chi connectivity index (χ0n) is 16.0. The summed E-state index contributed by atoms with van der Waals surface area (Å²) >= 11 is 6.13. The molecule has 8 heteroatoms. The zero-order chi connectivity index (χ0) is 20.3. The van der Waals surface area contributed by atoms with Crippen molar-refractivity contribution >= 4 is 27.5 Å². The second-order valence-corrected chi connectivity index (χ2v) is 9.60. The molecule has 1 atom stereocenters. The Morgan fingerprint density at radius 3 is 2.54 bits per heavy atom. The number of hydrogen-bond acceptors (Lipinski definition) is 4. The Bertz CT molecular complexity index is 948. The summed E-state index contributed by atoms with van der Waals surface area (Å²) in [5.74, 6) is -0.185. The molecule has 3 rings (SSSR count). The molecule has 0 spiro atoms. The van der Waals surface area contributed by atoms with Gasteiger partial charge in [0.25, 0.3) is 5.91 Å². The van der Waals surface area contributed by atoms with Crippen molar-refractivity contribution in [2.75, 3.05) is 20.6 Å². The fourth-order valence-electron chi connectivity index (χ4n) is 3.48. The zero-order valence-corrected chi connectivity index (χ0v) is 17.6. The van der Waals surface area contributed by atoms with Gasteiger partial charge in [-0.3, -0.25) is 9.78 Å². The molecule has 0 radical (unpaired) electrons. The number of amides is 1. The van der Waals surface area contributed by atoms with Crippen LogP contribution in [0.1, 0.15) is 47.6 Å². The number of sulfonamides is 1. The SMILES string of the molecule is CN(C)S(=O)(=O)c1cc(C(=O)N2CCCCCC2c2ccncc2)ccc1Cl. The van der Waals surface area contributed by atoms with Crippen LogP contribution < -0.4 is 0 Å². The van der Waals surface area contributed by atoms with E-state index in [2.05, 4.69) is 4.98 Å². The Hall–Kier alpha value is -1.96. The van der Waals surface area contributed by atoms with Gasteiger partial charge in [0.1, 0.15) is 4.90 Å². The summed E-state index contributed by atoms with van der Waals surface area (Å²) in [5, 5.41) is 0.104. The fourth-order valence-corrected chi connectivity index (χ4v) is 4.87. The average molecular weight is 422 g/mol. The summed E-state index contributed by atoms with van der Waals surface area (Å²) in [6, 6.07) is 8.26. The van der Waals surface area contributed by atoms with E-state index >= 15 is 0 Å². The molecule has 1 amide bonds. The van der Waals surface area contributed by atoms with Gasteiger partial charge < -0.3 is 4.90 Å². The van der Waals surface area contributed by atoms with Crippen LogP contribution in [0.3, 0.4) is 0 Å². The fraction of sp³-hybridized carbons (Fsp3) is 0.400. The standard InChI is InChI=1S/C20H24ClN3O3S/c1-23(2)28(26,27)19-14-16(7-8-17(19)21)20(25)24-13-5-3-4-6-18(24)15-9-11-22-12-10-15/h7-12,14,18H,3-6,13H2,1-2H3. The number of hydrogen-bond donors (Lipinski definition) is 0. The Morgan fingerprint density at radius 2 is 1.86 bits per heavy atom. The van der Waals surface area contributed by atoms with Crippen LogP contribution in [0.15, 0.2) is 47.6 Å². The molecule has 1 aromatic carbocycles. The smallest absolute Gasteiger partial charge is 0.254 e. The van der Waals surface area contributed by atoms with Crippen molar-refractivity contribution in [3.8, 4) is 0 Å². The monoisotopic (exact) mass is 421 g/mol. The minimum Gasteiger partial charge on any atom is -0.332 e. The summed E-state index contributed by atoms with van der Waals surface area (Å²) in [5.41, 5.74) is 1.37. The van der Waals surface area contributed by atoms with Crippen molar-refractivity contribution in [3.05, 3.63) is 58.9 Å². The highest BCUT2D eigenvalue weighted by Gasteiger charge is 2.29. The Morgan fingerprint density at radius 1 is 1.14 bits per heavy atom. The Labute approximate surface area is 171 Å². The summed E-state index contributed by atoms with van der Waals surface area (Å²) in [7, 11) is -0.867. The molecule has 1 aliphatic heterocycles. The molecule has 1 fully saturated rings. The van der Waals surface area contributed by atoms with Crippen LogP contribution in [0.5, 0.6) is 0 Å². The molecule has 2 heterocycles. The summed E-state index contributed by atoms with van der Waals surface area (Å²) in [6.45, 7) is 0.629. The van der Waals surface area contributed by atoms with Gasteiger partial charge in [-0.05, 0) is 48.7 Å². The first-order chi connectivity index (χ1) is 13.3. The molecule has 150 valence electrons. The van der Waals surface area contributed by atoms with Crippen molar-refractivity contribution < 1.29 is 13.2 Å². The van der Waals surface area contributed by atoms with E-state index in [1.54, 1.807) is 18.5 Å². The van der Waals surface area contributed by atoms with E-state index < -0.39 is 10.0 Å². The number of likely N-dealkylation sites (tertiary alicyclic amines) is 1. The minimum absolute atomic E-state index is 0.0532. The van der Waals surface area contributed by atoms with E-state index in [0.29, 0.717) is 12.1 Å². The van der Waals surface area contributed by atoms with Crippen LogP contribution in [0.4, 0.5) is 0 Å². The molecule has 6 nitrogen and oxygen atoms in total. The van der Waals surface area contributed by atoms with Crippen LogP contribution >= 0.6 is 11.6 Å². The van der Waals surface area contributed by atoms with E-state index in [1.807, 2.05) is 17.0 Å².